The smallest absolute Gasteiger partial charge is 0.266 e. The van der Waals surface area contributed by atoms with Crippen LogP contribution in [0.3, 0.4) is 0 Å². The lowest BCUT2D eigenvalue weighted by molar-refractivity contribution is 0.0926. The molecule has 2 amide bonds. The van der Waals surface area contributed by atoms with Crippen molar-refractivity contribution in [2.45, 2.75) is 6.92 Å². The lowest BCUT2D eigenvalue weighted by atomic mass is 10.0. The summed E-state index contributed by atoms with van der Waals surface area (Å²) in [5.41, 5.74) is 2.91. The SMILES string of the molecule is Cc1ccc(-c2ccc(F)c(F)c2)cc1N1C(=O)c2ccccc2C1=O. The summed E-state index contributed by atoms with van der Waals surface area (Å²) in [5, 5.41) is 0. The molecule has 1 heterocycles. The van der Waals surface area contributed by atoms with E-state index in [-0.39, 0.29) is 0 Å². The van der Waals surface area contributed by atoms with Crippen LogP contribution in [0.25, 0.3) is 11.1 Å². The lowest BCUT2D eigenvalue weighted by Gasteiger charge is -2.18. The van der Waals surface area contributed by atoms with Gasteiger partial charge < -0.3 is 0 Å². The predicted octanol–water partition coefficient (Wildman–Crippen LogP) is 4.74. The molecule has 1 aliphatic heterocycles. The van der Waals surface area contributed by atoms with Crippen LogP contribution >= 0.6 is 0 Å². The Hall–Kier alpha value is -3.34. The number of benzene rings is 3. The molecule has 0 saturated heterocycles. The van der Waals surface area contributed by atoms with Crippen LogP contribution < -0.4 is 4.90 Å². The molecule has 0 spiro atoms. The third-order valence-corrected chi connectivity index (χ3v) is 4.50. The fraction of sp³-hybridized carbons (Fsp3) is 0.0476. The highest BCUT2D eigenvalue weighted by molar-refractivity contribution is 6.34. The molecule has 0 bridgehead atoms. The minimum atomic E-state index is -0.953. The summed E-state index contributed by atoms with van der Waals surface area (Å²) >= 11 is 0. The van der Waals surface area contributed by atoms with Gasteiger partial charge in [-0.05, 0) is 53.9 Å². The van der Waals surface area contributed by atoms with Crippen molar-refractivity contribution in [2.75, 3.05) is 4.90 Å². The van der Waals surface area contributed by atoms with Gasteiger partial charge in [0.25, 0.3) is 11.8 Å². The van der Waals surface area contributed by atoms with Gasteiger partial charge in [-0.1, -0.05) is 30.3 Å². The highest BCUT2D eigenvalue weighted by atomic mass is 19.2. The molecule has 0 fully saturated rings. The van der Waals surface area contributed by atoms with Crippen molar-refractivity contribution in [3.63, 3.8) is 0 Å². The van der Waals surface area contributed by atoms with Gasteiger partial charge in [-0.15, -0.1) is 0 Å². The van der Waals surface area contributed by atoms with Gasteiger partial charge in [0.15, 0.2) is 11.6 Å². The molecule has 3 aromatic carbocycles. The maximum Gasteiger partial charge on any atom is 0.266 e. The quantitative estimate of drug-likeness (QED) is 0.627. The molecule has 128 valence electrons. The van der Waals surface area contributed by atoms with E-state index < -0.39 is 23.4 Å². The van der Waals surface area contributed by atoms with Crippen molar-refractivity contribution in [2.24, 2.45) is 0 Å². The van der Waals surface area contributed by atoms with Crippen LogP contribution in [0.2, 0.25) is 0 Å². The van der Waals surface area contributed by atoms with E-state index in [4.69, 9.17) is 0 Å². The normalized spacial score (nSPS) is 13.3. The average Bonchev–Trinajstić information content (AvgIpc) is 2.89. The standard InChI is InChI=1S/C21H13F2NO2/c1-12-6-7-14(13-8-9-17(22)18(23)10-13)11-19(12)24-20(25)15-4-2-3-5-16(15)21(24)26/h2-11H,1H3. The Morgan fingerprint density at radius 2 is 1.31 bits per heavy atom. The number of hydrogen-bond donors (Lipinski definition) is 0. The molecule has 4 rings (SSSR count). The average molecular weight is 349 g/mol. The van der Waals surface area contributed by atoms with E-state index in [2.05, 4.69) is 0 Å². The first-order valence-electron chi connectivity index (χ1n) is 8.01. The van der Waals surface area contributed by atoms with Gasteiger partial charge in [-0.3, -0.25) is 9.59 Å². The zero-order chi connectivity index (χ0) is 18.4. The Morgan fingerprint density at radius 1 is 0.731 bits per heavy atom. The molecule has 26 heavy (non-hydrogen) atoms. The van der Waals surface area contributed by atoms with E-state index in [1.54, 1.807) is 49.4 Å². The van der Waals surface area contributed by atoms with Crippen LogP contribution in [0.4, 0.5) is 14.5 Å². The number of halogens is 2. The Bertz CT molecular complexity index is 1040. The number of amides is 2. The Kier molecular flexibility index (Phi) is 3.65. The molecule has 0 radical (unpaired) electrons. The Balaban J connectivity index is 1.82. The number of fused-ring (bicyclic) bond motifs is 1. The van der Waals surface area contributed by atoms with Gasteiger partial charge in [0, 0.05) is 0 Å². The number of carbonyl (C=O) groups is 2. The van der Waals surface area contributed by atoms with Gasteiger partial charge in [0.2, 0.25) is 0 Å². The number of carbonyl (C=O) groups excluding carboxylic acids is 2. The van der Waals surface area contributed by atoms with Crippen molar-refractivity contribution >= 4 is 17.5 Å². The molecular formula is C21H13F2NO2. The molecule has 5 heteroatoms. The summed E-state index contributed by atoms with van der Waals surface area (Å²) in [6, 6.07) is 15.4. The number of hydrogen-bond acceptors (Lipinski definition) is 2. The minimum Gasteiger partial charge on any atom is -0.268 e. The summed E-state index contributed by atoms with van der Waals surface area (Å²) < 4.78 is 26.7. The predicted molar refractivity (Wildman–Crippen MR) is 94.1 cm³/mol. The maximum absolute atomic E-state index is 13.6. The molecule has 3 nitrogen and oxygen atoms in total. The van der Waals surface area contributed by atoms with E-state index in [0.717, 1.165) is 22.6 Å². The van der Waals surface area contributed by atoms with Gasteiger partial charge in [0.1, 0.15) is 0 Å². The highest BCUT2D eigenvalue weighted by Crippen LogP contribution is 2.34. The first-order valence-corrected chi connectivity index (χ1v) is 8.01. The molecule has 0 aromatic heterocycles. The van der Waals surface area contributed by atoms with Crippen molar-refractivity contribution < 1.29 is 18.4 Å². The van der Waals surface area contributed by atoms with Crippen LogP contribution in [0.1, 0.15) is 26.3 Å². The number of anilines is 1. The highest BCUT2D eigenvalue weighted by Gasteiger charge is 2.37. The van der Waals surface area contributed by atoms with Crippen LogP contribution in [0, 0.1) is 18.6 Å². The van der Waals surface area contributed by atoms with Crippen molar-refractivity contribution in [1.29, 1.82) is 0 Å². The lowest BCUT2D eigenvalue weighted by Crippen LogP contribution is -2.30. The van der Waals surface area contributed by atoms with Gasteiger partial charge in [0.05, 0.1) is 16.8 Å². The number of aryl methyl sites for hydroxylation is 1. The third-order valence-electron chi connectivity index (χ3n) is 4.50. The maximum atomic E-state index is 13.6. The van der Waals surface area contributed by atoms with Crippen LogP contribution in [-0.2, 0) is 0 Å². The first-order chi connectivity index (χ1) is 12.5. The molecule has 1 aliphatic rings. The largest absolute Gasteiger partial charge is 0.268 e. The van der Waals surface area contributed by atoms with E-state index in [1.807, 2.05) is 0 Å². The number of imide groups is 1. The fourth-order valence-corrected chi connectivity index (χ4v) is 3.11. The zero-order valence-corrected chi connectivity index (χ0v) is 13.8. The summed E-state index contributed by atoms with van der Waals surface area (Å²) in [5.74, 6) is -2.67. The second-order valence-electron chi connectivity index (χ2n) is 6.12. The molecule has 0 N–H and O–H groups in total. The Labute approximate surface area is 148 Å². The van der Waals surface area contributed by atoms with E-state index in [9.17, 15) is 18.4 Å². The van der Waals surface area contributed by atoms with E-state index >= 15 is 0 Å². The second-order valence-corrected chi connectivity index (χ2v) is 6.12. The van der Waals surface area contributed by atoms with Crippen molar-refractivity contribution in [3.8, 4) is 11.1 Å². The van der Waals surface area contributed by atoms with Gasteiger partial charge >= 0.3 is 0 Å². The van der Waals surface area contributed by atoms with Crippen molar-refractivity contribution in [3.05, 3.63) is 89.0 Å². The Morgan fingerprint density at radius 3 is 1.92 bits per heavy atom. The monoisotopic (exact) mass is 349 g/mol. The van der Waals surface area contributed by atoms with E-state index in [0.29, 0.717) is 27.9 Å². The first kappa shape index (κ1) is 16.1. The van der Waals surface area contributed by atoms with Crippen LogP contribution in [0.5, 0.6) is 0 Å². The summed E-state index contributed by atoms with van der Waals surface area (Å²) in [6.07, 6.45) is 0. The molecule has 3 aromatic rings. The summed E-state index contributed by atoms with van der Waals surface area (Å²) in [4.78, 5) is 26.5. The van der Waals surface area contributed by atoms with Gasteiger partial charge in [-0.25, -0.2) is 13.7 Å². The van der Waals surface area contributed by atoms with E-state index in [1.165, 1.54) is 6.07 Å². The fourth-order valence-electron chi connectivity index (χ4n) is 3.11. The molecule has 0 atom stereocenters. The topological polar surface area (TPSA) is 37.4 Å². The molecular weight excluding hydrogens is 336 g/mol. The third kappa shape index (κ3) is 2.40. The molecule has 0 unspecified atom stereocenters. The number of nitrogens with zero attached hydrogens (tertiary/aromatic N) is 1. The molecule has 0 aliphatic carbocycles. The summed E-state index contributed by atoms with van der Waals surface area (Å²) in [7, 11) is 0. The van der Waals surface area contributed by atoms with Crippen LogP contribution in [-0.4, -0.2) is 11.8 Å². The zero-order valence-electron chi connectivity index (χ0n) is 13.8. The van der Waals surface area contributed by atoms with Gasteiger partial charge in [-0.2, -0.15) is 0 Å². The summed E-state index contributed by atoms with van der Waals surface area (Å²) in [6.45, 7) is 1.79. The minimum absolute atomic E-state index is 0.357. The number of rotatable bonds is 2. The second kappa shape index (κ2) is 5.88. The van der Waals surface area contributed by atoms with Crippen molar-refractivity contribution in [1.82, 2.24) is 0 Å². The molecule has 0 saturated carbocycles. The van der Waals surface area contributed by atoms with Crippen LogP contribution in [0.15, 0.2) is 60.7 Å².